The molecule has 6 nitrogen and oxygen atoms in total. The molecule has 0 aromatic rings. The molecule has 1 rings (SSSR count). The fraction of sp³-hybridized carbons (Fsp3) is 1.00. The van der Waals surface area contributed by atoms with E-state index >= 15 is 0 Å². The molecule has 1 N–H and O–H groups in total. The Labute approximate surface area is 110 Å². The third kappa shape index (κ3) is 5.21. The van der Waals surface area contributed by atoms with Crippen LogP contribution in [0.3, 0.4) is 0 Å². The van der Waals surface area contributed by atoms with Crippen LogP contribution in [-0.2, 0) is 19.9 Å². The van der Waals surface area contributed by atoms with E-state index in [1.165, 1.54) is 4.31 Å². The van der Waals surface area contributed by atoms with Gasteiger partial charge in [-0.25, -0.2) is 21.1 Å². The van der Waals surface area contributed by atoms with Gasteiger partial charge in [-0.15, -0.1) is 0 Å². The molecule has 1 fully saturated rings. The molecule has 1 aliphatic heterocycles. The first-order valence-electron chi connectivity index (χ1n) is 6.13. The van der Waals surface area contributed by atoms with Gasteiger partial charge in [-0.05, 0) is 19.4 Å². The van der Waals surface area contributed by atoms with Gasteiger partial charge in [0.15, 0.2) is 0 Å². The Balaban J connectivity index is 2.50. The first-order chi connectivity index (χ1) is 8.24. The third-order valence-corrected chi connectivity index (χ3v) is 6.13. The fourth-order valence-electron chi connectivity index (χ4n) is 2.01. The summed E-state index contributed by atoms with van der Waals surface area (Å²) in [4.78, 5) is 0. The number of hydrogen-bond donors (Lipinski definition) is 1. The monoisotopic (exact) mass is 298 g/mol. The molecule has 0 radical (unpaired) electrons. The zero-order chi connectivity index (χ0) is 13.8. The van der Waals surface area contributed by atoms with Crippen molar-refractivity contribution in [2.45, 2.75) is 25.8 Å². The SMILES string of the molecule is CCNC1CCN(S(=O)(=O)CCS(C)(=O)=O)CC1. The number of rotatable bonds is 6. The summed E-state index contributed by atoms with van der Waals surface area (Å²) < 4.78 is 47.3. The summed E-state index contributed by atoms with van der Waals surface area (Å²) >= 11 is 0. The van der Waals surface area contributed by atoms with Crippen LogP contribution in [0.2, 0.25) is 0 Å². The van der Waals surface area contributed by atoms with Crippen molar-refractivity contribution in [1.29, 1.82) is 0 Å². The second-order valence-electron chi connectivity index (χ2n) is 4.68. The summed E-state index contributed by atoms with van der Waals surface area (Å²) in [6, 6.07) is 0.372. The van der Waals surface area contributed by atoms with Crippen LogP contribution in [0.1, 0.15) is 19.8 Å². The highest BCUT2D eigenvalue weighted by Gasteiger charge is 2.28. The zero-order valence-electron chi connectivity index (χ0n) is 10.9. The van der Waals surface area contributed by atoms with E-state index in [4.69, 9.17) is 0 Å². The molecule has 108 valence electrons. The van der Waals surface area contributed by atoms with E-state index in [0.717, 1.165) is 25.6 Å². The minimum Gasteiger partial charge on any atom is -0.314 e. The van der Waals surface area contributed by atoms with Crippen LogP contribution in [-0.4, -0.2) is 64.6 Å². The second kappa shape index (κ2) is 6.31. The van der Waals surface area contributed by atoms with Crippen LogP contribution in [0.5, 0.6) is 0 Å². The Morgan fingerprint density at radius 2 is 1.67 bits per heavy atom. The van der Waals surface area contributed by atoms with Crippen LogP contribution in [0.25, 0.3) is 0 Å². The van der Waals surface area contributed by atoms with Crippen molar-refractivity contribution in [2.24, 2.45) is 0 Å². The van der Waals surface area contributed by atoms with Gasteiger partial charge in [-0.2, -0.15) is 0 Å². The largest absolute Gasteiger partial charge is 0.314 e. The molecule has 18 heavy (non-hydrogen) atoms. The Morgan fingerprint density at radius 3 is 2.11 bits per heavy atom. The number of nitrogens with zero attached hydrogens (tertiary/aromatic N) is 1. The molecule has 0 atom stereocenters. The highest BCUT2D eigenvalue weighted by atomic mass is 32.2. The quantitative estimate of drug-likeness (QED) is 0.710. The Hall–Kier alpha value is -0.180. The summed E-state index contributed by atoms with van der Waals surface area (Å²) in [5.74, 6) is -0.611. The van der Waals surface area contributed by atoms with E-state index in [-0.39, 0.29) is 11.5 Å². The van der Waals surface area contributed by atoms with Gasteiger partial charge in [-0.3, -0.25) is 0 Å². The molecule has 0 aliphatic carbocycles. The molecule has 0 unspecified atom stereocenters. The predicted molar refractivity (Wildman–Crippen MR) is 71.8 cm³/mol. The Kier molecular flexibility index (Phi) is 5.57. The van der Waals surface area contributed by atoms with Crippen molar-refractivity contribution in [1.82, 2.24) is 9.62 Å². The van der Waals surface area contributed by atoms with Crippen molar-refractivity contribution in [3.05, 3.63) is 0 Å². The van der Waals surface area contributed by atoms with Gasteiger partial charge < -0.3 is 5.32 Å². The Morgan fingerprint density at radius 1 is 1.11 bits per heavy atom. The van der Waals surface area contributed by atoms with Gasteiger partial charge in [-0.1, -0.05) is 6.92 Å². The van der Waals surface area contributed by atoms with Crippen molar-refractivity contribution >= 4 is 19.9 Å². The summed E-state index contributed by atoms with van der Waals surface area (Å²) in [6.07, 6.45) is 2.62. The van der Waals surface area contributed by atoms with E-state index in [1.54, 1.807) is 0 Å². The van der Waals surface area contributed by atoms with Crippen molar-refractivity contribution in [2.75, 3.05) is 37.4 Å². The lowest BCUT2D eigenvalue weighted by molar-refractivity contribution is 0.292. The maximum absolute atomic E-state index is 11.9. The number of sulfone groups is 1. The zero-order valence-corrected chi connectivity index (χ0v) is 12.6. The number of nitrogens with one attached hydrogen (secondary N) is 1. The van der Waals surface area contributed by atoms with Gasteiger partial charge in [0, 0.05) is 25.4 Å². The first-order valence-corrected chi connectivity index (χ1v) is 9.80. The van der Waals surface area contributed by atoms with Crippen LogP contribution in [0.4, 0.5) is 0 Å². The van der Waals surface area contributed by atoms with Gasteiger partial charge in [0.05, 0.1) is 11.5 Å². The molecule has 0 saturated carbocycles. The lowest BCUT2D eigenvalue weighted by Crippen LogP contribution is -2.46. The van der Waals surface area contributed by atoms with Gasteiger partial charge in [0.2, 0.25) is 10.0 Å². The summed E-state index contributed by atoms with van der Waals surface area (Å²) in [7, 11) is -6.66. The molecule has 1 saturated heterocycles. The van der Waals surface area contributed by atoms with E-state index in [9.17, 15) is 16.8 Å². The van der Waals surface area contributed by atoms with Crippen LogP contribution in [0.15, 0.2) is 0 Å². The van der Waals surface area contributed by atoms with Crippen LogP contribution in [0, 0.1) is 0 Å². The molecule has 0 aromatic heterocycles. The normalized spacial score (nSPS) is 20.1. The molecule has 1 heterocycles. The lowest BCUT2D eigenvalue weighted by Gasteiger charge is -2.31. The predicted octanol–water partition coefficient (Wildman–Crippen LogP) is -0.565. The van der Waals surface area contributed by atoms with E-state index in [1.807, 2.05) is 6.92 Å². The number of hydrogen-bond acceptors (Lipinski definition) is 5. The average molecular weight is 298 g/mol. The third-order valence-electron chi connectivity index (χ3n) is 3.05. The molecule has 0 spiro atoms. The summed E-state index contributed by atoms with van der Waals surface area (Å²) in [5, 5.41) is 3.30. The minimum absolute atomic E-state index is 0.303. The standard InChI is InChI=1S/C10H22N2O4S2/c1-3-11-10-4-6-12(7-5-10)18(15,16)9-8-17(2,13)14/h10-11H,3-9H2,1-2H3. The molecule has 1 aliphatic rings. The fourth-order valence-corrected chi connectivity index (χ4v) is 5.09. The van der Waals surface area contributed by atoms with Crippen molar-refractivity contribution in [3.63, 3.8) is 0 Å². The van der Waals surface area contributed by atoms with E-state index < -0.39 is 19.9 Å². The smallest absolute Gasteiger partial charge is 0.215 e. The molecular formula is C10H22N2O4S2. The number of piperidine rings is 1. The number of sulfonamides is 1. The Bertz CT molecular complexity index is 450. The molecule has 0 aromatic carbocycles. The molecular weight excluding hydrogens is 276 g/mol. The van der Waals surface area contributed by atoms with E-state index in [0.29, 0.717) is 19.1 Å². The molecule has 0 amide bonds. The van der Waals surface area contributed by atoms with Crippen LogP contribution >= 0.6 is 0 Å². The topological polar surface area (TPSA) is 83.6 Å². The minimum atomic E-state index is -3.43. The lowest BCUT2D eigenvalue weighted by atomic mass is 10.1. The maximum Gasteiger partial charge on any atom is 0.215 e. The second-order valence-corrected chi connectivity index (χ2v) is 9.03. The average Bonchev–Trinajstić information content (AvgIpc) is 2.27. The van der Waals surface area contributed by atoms with Crippen molar-refractivity contribution < 1.29 is 16.8 Å². The van der Waals surface area contributed by atoms with Crippen LogP contribution < -0.4 is 5.32 Å². The first kappa shape index (κ1) is 15.9. The van der Waals surface area contributed by atoms with E-state index in [2.05, 4.69) is 5.32 Å². The van der Waals surface area contributed by atoms with Gasteiger partial charge >= 0.3 is 0 Å². The van der Waals surface area contributed by atoms with Gasteiger partial charge in [0.1, 0.15) is 9.84 Å². The highest BCUT2D eigenvalue weighted by Crippen LogP contribution is 2.14. The summed E-state index contributed by atoms with van der Waals surface area (Å²) in [5.41, 5.74) is 0. The highest BCUT2D eigenvalue weighted by molar-refractivity contribution is 7.93. The summed E-state index contributed by atoms with van der Waals surface area (Å²) in [6.45, 7) is 3.86. The van der Waals surface area contributed by atoms with Crippen molar-refractivity contribution in [3.8, 4) is 0 Å². The molecule has 8 heteroatoms. The maximum atomic E-state index is 11.9. The van der Waals surface area contributed by atoms with Gasteiger partial charge in [0.25, 0.3) is 0 Å². The molecule has 0 bridgehead atoms.